The highest BCUT2D eigenvalue weighted by molar-refractivity contribution is 6.10. The second-order valence-corrected chi connectivity index (χ2v) is 6.91. The van der Waals surface area contributed by atoms with Crippen molar-refractivity contribution in [3.8, 4) is 0 Å². The highest BCUT2D eigenvalue weighted by Gasteiger charge is 2.22. The Morgan fingerprint density at radius 1 is 1.11 bits per heavy atom. The van der Waals surface area contributed by atoms with Gasteiger partial charge in [-0.1, -0.05) is 0 Å². The number of piperazine rings is 1. The van der Waals surface area contributed by atoms with Crippen molar-refractivity contribution < 1.29 is 4.79 Å². The molecule has 6 N–H and O–H groups in total. The van der Waals surface area contributed by atoms with E-state index in [1.165, 1.54) is 0 Å². The van der Waals surface area contributed by atoms with Crippen LogP contribution in [0.5, 0.6) is 0 Å². The molecule has 1 aliphatic rings. The van der Waals surface area contributed by atoms with Crippen LogP contribution in [0.1, 0.15) is 10.4 Å². The Morgan fingerprint density at radius 2 is 1.85 bits per heavy atom. The fraction of sp³-hybridized carbons (Fsp3) is 0.263. The molecule has 0 saturated carbocycles. The van der Waals surface area contributed by atoms with E-state index in [-0.39, 0.29) is 5.91 Å². The molecule has 140 valence electrons. The smallest absolute Gasteiger partial charge is 0.257 e. The van der Waals surface area contributed by atoms with Gasteiger partial charge < -0.3 is 26.6 Å². The Balaban J connectivity index is 1.64. The highest BCUT2D eigenvalue weighted by atomic mass is 16.1. The number of hydrogen-bond donors (Lipinski definition) is 4. The first-order valence-corrected chi connectivity index (χ1v) is 8.88. The number of rotatable bonds is 3. The van der Waals surface area contributed by atoms with Crippen LogP contribution < -0.4 is 21.7 Å². The van der Waals surface area contributed by atoms with Crippen LogP contribution in [-0.2, 0) is 0 Å². The Labute approximate surface area is 157 Å². The van der Waals surface area contributed by atoms with Gasteiger partial charge in [0.1, 0.15) is 0 Å². The molecule has 1 aromatic heterocycles. The summed E-state index contributed by atoms with van der Waals surface area (Å²) in [4.78, 5) is 17.5. The molecule has 0 unspecified atom stereocenters. The topological polar surface area (TPSA) is 116 Å². The lowest BCUT2D eigenvalue weighted by Crippen LogP contribution is -2.45. The molecule has 0 atom stereocenters. The molecular formula is C19H23N7O. The third-order valence-electron chi connectivity index (χ3n) is 4.99. The number of likely N-dealkylation sites (N-methyl/N-ethyl adjacent to an activating group) is 1. The summed E-state index contributed by atoms with van der Waals surface area (Å²) in [5, 5.41) is 10.9. The minimum Gasteiger partial charge on any atom is -0.397 e. The van der Waals surface area contributed by atoms with Crippen LogP contribution in [0.3, 0.4) is 0 Å². The molecule has 0 aliphatic carbocycles. The van der Waals surface area contributed by atoms with Gasteiger partial charge in [0.15, 0.2) is 0 Å². The average molecular weight is 365 g/mol. The number of nitrogen functional groups attached to an aromatic ring is 2. The molecule has 0 spiro atoms. The predicted molar refractivity (Wildman–Crippen MR) is 109 cm³/mol. The van der Waals surface area contributed by atoms with Crippen molar-refractivity contribution in [2.24, 2.45) is 0 Å². The molecule has 1 saturated heterocycles. The number of H-pyrrole nitrogens is 1. The van der Waals surface area contributed by atoms with Crippen LogP contribution in [0.25, 0.3) is 10.9 Å². The molecule has 27 heavy (non-hydrogen) atoms. The zero-order chi connectivity index (χ0) is 19.0. The molecule has 4 rings (SSSR count). The summed E-state index contributed by atoms with van der Waals surface area (Å²) in [6, 6.07) is 9.08. The summed E-state index contributed by atoms with van der Waals surface area (Å²) in [5.41, 5.74) is 15.8. The van der Waals surface area contributed by atoms with Crippen molar-refractivity contribution in [1.82, 2.24) is 15.1 Å². The van der Waals surface area contributed by atoms with Gasteiger partial charge in [-0.2, -0.15) is 5.10 Å². The van der Waals surface area contributed by atoms with Crippen molar-refractivity contribution in [3.63, 3.8) is 0 Å². The quantitative estimate of drug-likeness (QED) is 0.525. The molecule has 8 heteroatoms. The summed E-state index contributed by atoms with van der Waals surface area (Å²) in [7, 11) is 2.09. The van der Waals surface area contributed by atoms with Gasteiger partial charge in [0.25, 0.3) is 5.91 Å². The summed E-state index contributed by atoms with van der Waals surface area (Å²) < 4.78 is 0. The fourth-order valence-corrected chi connectivity index (χ4v) is 3.33. The Bertz CT molecular complexity index is 989. The molecule has 1 amide bonds. The first-order chi connectivity index (χ1) is 13.0. The van der Waals surface area contributed by atoms with Gasteiger partial charge in [0, 0.05) is 37.3 Å². The summed E-state index contributed by atoms with van der Waals surface area (Å²) >= 11 is 0. The maximum Gasteiger partial charge on any atom is 0.257 e. The van der Waals surface area contributed by atoms with Crippen molar-refractivity contribution in [2.45, 2.75) is 0 Å². The Kier molecular flexibility index (Phi) is 4.33. The lowest BCUT2D eigenvalue weighted by molar-refractivity contribution is 0.102. The number of anilines is 4. The maximum absolute atomic E-state index is 13.0. The van der Waals surface area contributed by atoms with E-state index in [1.807, 2.05) is 18.2 Å². The van der Waals surface area contributed by atoms with Crippen LogP contribution in [0.4, 0.5) is 22.7 Å². The second-order valence-electron chi connectivity index (χ2n) is 6.91. The van der Waals surface area contributed by atoms with Crippen molar-refractivity contribution >= 4 is 39.6 Å². The number of nitrogens with zero attached hydrogens (tertiary/aromatic N) is 3. The molecule has 1 fully saturated rings. The number of fused-ring (bicyclic) bond motifs is 1. The zero-order valence-electron chi connectivity index (χ0n) is 15.2. The minimum atomic E-state index is -0.213. The number of carbonyl (C=O) groups is 1. The third kappa shape index (κ3) is 3.39. The number of benzene rings is 2. The Hall–Kier alpha value is -3.26. The monoisotopic (exact) mass is 365 g/mol. The first kappa shape index (κ1) is 17.2. The van der Waals surface area contributed by atoms with Gasteiger partial charge >= 0.3 is 0 Å². The van der Waals surface area contributed by atoms with Crippen LogP contribution >= 0.6 is 0 Å². The second kappa shape index (κ2) is 6.81. The fourth-order valence-electron chi connectivity index (χ4n) is 3.33. The van der Waals surface area contributed by atoms with Gasteiger partial charge in [0.2, 0.25) is 0 Å². The van der Waals surface area contributed by atoms with Gasteiger partial charge in [-0.15, -0.1) is 0 Å². The van der Waals surface area contributed by atoms with Crippen molar-refractivity contribution in [2.75, 3.05) is 54.9 Å². The van der Waals surface area contributed by atoms with Gasteiger partial charge in [-0.05, 0) is 37.4 Å². The number of nitrogens with two attached hydrogens (primary N) is 2. The van der Waals surface area contributed by atoms with Gasteiger partial charge in [-0.3, -0.25) is 9.89 Å². The SMILES string of the molecule is CN1CCN(c2cc(N)c(N)cc2C(=O)Nc2ccc3cn[nH]c3c2)CC1. The van der Waals surface area contributed by atoms with E-state index in [0.717, 1.165) is 42.8 Å². The maximum atomic E-state index is 13.0. The minimum absolute atomic E-state index is 0.213. The van der Waals surface area contributed by atoms with Gasteiger partial charge in [-0.25, -0.2) is 0 Å². The molecule has 8 nitrogen and oxygen atoms in total. The number of aromatic nitrogens is 2. The number of nitrogens with one attached hydrogen (secondary N) is 2. The number of carbonyl (C=O) groups excluding carboxylic acids is 1. The van der Waals surface area contributed by atoms with E-state index in [0.29, 0.717) is 22.6 Å². The number of amides is 1. The molecule has 0 bridgehead atoms. The van der Waals surface area contributed by atoms with Crippen molar-refractivity contribution in [3.05, 3.63) is 42.1 Å². The summed E-state index contributed by atoms with van der Waals surface area (Å²) in [6.07, 6.45) is 1.74. The molecule has 1 aliphatic heterocycles. The third-order valence-corrected chi connectivity index (χ3v) is 4.99. The highest BCUT2D eigenvalue weighted by Crippen LogP contribution is 2.30. The normalized spacial score (nSPS) is 15.2. The standard InChI is InChI=1S/C19H23N7O/c1-25-4-6-26(7-5-25)18-10-16(21)15(20)9-14(18)19(27)23-13-3-2-12-11-22-24-17(12)8-13/h2-3,8-11H,4-7,20-21H2,1H3,(H,22,24)(H,23,27). The van der Waals surface area contributed by atoms with Crippen molar-refractivity contribution in [1.29, 1.82) is 0 Å². The van der Waals surface area contributed by atoms with E-state index >= 15 is 0 Å². The molecular weight excluding hydrogens is 342 g/mol. The lowest BCUT2D eigenvalue weighted by Gasteiger charge is -2.35. The van der Waals surface area contributed by atoms with Crippen LogP contribution in [-0.4, -0.2) is 54.2 Å². The van der Waals surface area contributed by atoms with E-state index in [9.17, 15) is 4.79 Å². The summed E-state index contributed by atoms with van der Waals surface area (Å²) in [6.45, 7) is 3.53. The molecule has 3 aromatic rings. The molecule has 2 aromatic carbocycles. The van der Waals surface area contributed by atoms with E-state index in [4.69, 9.17) is 11.5 Å². The van der Waals surface area contributed by atoms with Crippen LogP contribution in [0, 0.1) is 0 Å². The van der Waals surface area contributed by atoms with Crippen LogP contribution in [0.15, 0.2) is 36.5 Å². The lowest BCUT2D eigenvalue weighted by atomic mass is 10.1. The van der Waals surface area contributed by atoms with Gasteiger partial charge in [0.05, 0.1) is 34.3 Å². The largest absolute Gasteiger partial charge is 0.397 e. The van der Waals surface area contributed by atoms with Crippen LogP contribution in [0.2, 0.25) is 0 Å². The van der Waals surface area contributed by atoms with E-state index in [1.54, 1.807) is 18.3 Å². The summed E-state index contributed by atoms with van der Waals surface area (Å²) in [5.74, 6) is -0.213. The molecule has 2 heterocycles. The molecule has 0 radical (unpaired) electrons. The number of hydrogen-bond acceptors (Lipinski definition) is 6. The first-order valence-electron chi connectivity index (χ1n) is 8.88. The average Bonchev–Trinajstić information content (AvgIpc) is 3.12. The van der Waals surface area contributed by atoms with E-state index < -0.39 is 0 Å². The predicted octanol–water partition coefficient (Wildman–Crippen LogP) is 1.73. The Morgan fingerprint density at radius 3 is 2.63 bits per heavy atom. The number of aromatic amines is 1. The van der Waals surface area contributed by atoms with E-state index in [2.05, 4.69) is 32.4 Å². The zero-order valence-corrected chi connectivity index (χ0v) is 15.2.